The maximum absolute atomic E-state index is 5.99. The quantitative estimate of drug-likeness (QED) is 0.771. The van der Waals surface area contributed by atoms with E-state index in [0.29, 0.717) is 11.8 Å². The van der Waals surface area contributed by atoms with Gasteiger partial charge in [-0.05, 0) is 30.0 Å². The van der Waals surface area contributed by atoms with Crippen LogP contribution in [0.5, 0.6) is 0 Å². The van der Waals surface area contributed by atoms with Crippen molar-refractivity contribution in [1.82, 2.24) is 14.5 Å². The van der Waals surface area contributed by atoms with Gasteiger partial charge >= 0.3 is 0 Å². The predicted molar refractivity (Wildman–Crippen MR) is 79.0 cm³/mol. The number of pyridine rings is 1. The van der Waals surface area contributed by atoms with Gasteiger partial charge in [0.25, 0.3) is 0 Å². The Labute approximate surface area is 119 Å². The fourth-order valence-corrected chi connectivity index (χ4v) is 2.20. The lowest BCUT2D eigenvalue weighted by atomic mass is 10.1. The van der Waals surface area contributed by atoms with Crippen LogP contribution in [0.4, 0.5) is 0 Å². The zero-order valence-electron chi connectivity index (χ0n) is 11.7. The summed E-state index contributed by atoms with van der Waals surface area (Å²) in [6, 6.07) is 4.12. The molecule has 2 rings (SSSR count). The van der Waals surface area contributed by atoms with E-state index in [1.54, 1.807) is 0 Å². The number of imidazole rings is 1. The van der Waals surface area contributed by atoms with Gasteiger partial charge < -0.3 is 0 Å². The van der Waals surface area contributed by atoms with Crippen molar-refractivity contribution in [3.63, 3.8) is 0 Å². The van der Waals surface area contributed by atoms with Gasteiger partial charge in [0.1, 0.15) is 11.6 Å². The third-order valence-electron chi connectivity index (χ3n) is 3.08. The number of alkyl halides is 1. The van der Waals surface area contributed by atoms with Gasteiger partial charge in [-0.15, -0.1) is 11.6 Å². The first-order valence-corrected chi connectivity index (χ1v) is 7.28. The summed E-state index contributed by atoms with van der Waals surface area (Å²) in [5.41, 5.74) is 2.18. The fraction of sp³-hybridized carbons (Fsp3) is 0.467. The number of halogens is 1. The standard InChI is InChI=1S/C15H20ClN3/c1-4-5-14-17-6-7-19(14)15-9-12(10-16)8-13(18-15)11(2)3/h6-9,11H,4-5,10H2,1-3H3. The first-order valence-electron chi connectivity index (χ1n) is 6.75. The van der Waals surface area contributed by atoms with Crippen LogP contribution in [0.15, 0.2) is 24.5 Å². The molecule has 0 saturated heterocycles. The van der Waals surface area contributed by atoms with Crippen LogP contribution in [0.2, 0.25) is 0 Å². The second-order valence-corrected chi connectivity index (χ2v) is 5.28. The molecule has 0 bridgehead atoms. The highest BCUT2D eigenvalue weighted by molar-refractivity contribution is 6.17. The fourth-order valence-electron chi connectivity index (χ4n) is 2.04. The molecule has 0 radical (unpaired) electrons. The van der Waals surface area contributed by atoms with Crippen molar-refractivity contribution in [1.29, 1.82) is 0 Å². The second kappa shape index (κ2) is 6.20. The van der Waals surface area contributed by atoms with E-state index in [2.05, 4.69) is 36.4 Å². The molecule has 0 fully saturated rings. The summed E-state index contributed by atoms with van der Waals surface area (Å²) in [4.78, 5) is 9.13. The first kappa shape index (κ1) is 14.1. The molecular formula is C15H20ClN3. The lowest BCUT2D eigenvalue weighted by Crippen LogP contribution is -2.06. The van der Waals surface area contributed by atoms with Crippen LogP contribution in [-0.4, -0.2) is 14.5 Å². The Morgan fingerprint density at radius 3 is 2.74 bits per heavy atom. The van der Waals surface area contributed by atoms with Crippen molar-refractivity contribution in [2.24, 2.45) is 0 Å². The third-order valence-corrected chi connectivity index (χ3v) is 3.38. The van der Waals surface area contributed by atoms with Crippen molar-refractivity contribution in [3.05, 3.63) is 41.6 Å². The lowest BCUT2D eigenvalue weighted by Gasteiger charge is -2.12. The number of aryl methyl sites for hydroxylation is 1. The lowest BCUT2D eigenvalue weighted by molar-refractivity contribution is 0.772. The van der Waals surface area contributed by atoms with Crippen molar-refractivity contribution >= 4 is 11.6 Å². The molecule has 0 aromatic carbocycles. The Morgan fingerprint density at radius 2 is 2.11 bits per heavy atom. The van der Waals surface area contributed by atoms with Crippen LogP contribution in [0, 0.1) is 0 Å². The Hall–Kier alpha value is -1.35. The van der Waals surface area contributed by atoms with Crippen LogP contribution in [0.3, 0.4) is 0 Å². The maximum atomic E-state index is 5.99. The van der Waals surface area contributed by atoms with Crippen LogP contribution in [0.1, 0.15) is 50.2 Å². The minimum Gasteiger partial charge on any atom is -0.288 e. The van der Waals surface area contributed by atoms with Crippen molar-refractivity contribution in [2.75, 3.05) is 0 Å². The van der Waals surface area contributed by atoms with E-state index >= 15 is 0 Å². The Morgan fingerprint density at radius 1 is 1.32 bits per heavy atom. The van der Waals surface area contributed by atoms with Gasteiger partial charge in [0, 0.05) is 30.4 Å². The highest BCUT2D eigenvalue weighted by Gasteiger charge is 2.10. The molecule has 0 aliphatic rings. The molecule has 0 aliphatic heterocycles. The average Bonchev–Trinajstić information content (AvgIpc) is 2.87. The molecule has 2 aromatic rings. The summed E-state index contributed by atoms with van der Waals surface area (Å²) < 4.78 is 2.06. The largest absolute Gasteiger partial charge is 0.288 e. The summed E-state index contributed by atoms with van der Waals surface area (Å²) in [6.07, 6.45) is 5.82. The minimum absolute atomic E-state index is 0.389. The molecule has 19 heavy (non-hydrogen) atoms. The molecule has 102 valence electrons. The van der Waals surface area contributed by atoms with Gasteiger partial charge in [-0.25, -0.2) is 9.97 Å². The molecule has 0 spiro atoms. The Balaban J connectivity index is 2.48. The highest BCUT2D eigenvalue weighted by Crippen LogP contribution is 2.19. The monoisotopic (exact) mass is 277 g/mol. The third kappa shape index (κ3) is 3.16. The van der Waals surface area contributed by atoms with Crippen LogP contribution in [-0.2, 0) is 12.3 Å². The molecule has 4 heteroatoms. The summed E-state index contributed by atoms with van der Waals surface area (Å²) in [7, 11) is 0. The van der Waals surface area contributed by atoms with Gasteiger partial charge in [-0.2, -0.15) is 0 Å². The zero-order chi connectivity index (χ0) is 13.8. The predicted octanol–water partition coefficient (Wildman–Crippen LogP) is 4.08. The van der Waals surface area contributed by atoms with E-state index in [-0.39, 0.29) is 0 Å². The smallest absolute Gasteiger partial charge is 0.138 e. The normalized spacial score (nSPS) is 11.2. The van der Waals surface area contributed by atoms with Crippen LogP contribution in [0.25, 0.3) is 5.82 Å². The number of aromatic nitrogens is 3. The molecule has 0 unspecified atom stereocenters. The molecule has 0 amide bonds. The SMILES string of the molecule is CCCc1nccn1-c1cc(CCl)cc(C(C)C)n1. The van der Waals surface area contributed by atoms with Gasteiger partial charge in [0.05, 0.1) is 0 Å². The molecule has 0 atom stereocenters. The number of nitrogens with zero attached hydrogens (tertiary/aromatic N) is 3. The summed E-state index contributed by atoms with van der Waals surface area (Å²) in [5, 5.41) is 0. The molecule has 3 nitrogen and oxygen atoms in total. The van der Waals surface area contributed by atoms with Crippen molar-refractivity contribution in [2.45, 2.75) is 45.4 Å². The van der Waals surface area contributed by atoms with Crippen LogP contribution >= 0.6 is 11.6 Å². The van der Waals surface area contributed by atoms with Gasteiger partial charge in [0.15, 0.2) is 0 Å². The Kier molecular flexibility index (Phi) is 4.59. The summed E-state index contributed by atoms with van der Waals surface area (Å²) in [6.45, 7) is 6.44. The van der Waals surface area contributed by atoms with Gasteiger partial charge in [-0.3, -0.25) is 4.57 Å². The summed E-state index contributed by atoms with van der Waals surface area (Å²) >= 11 is 5.99. The number of hydrogen-bond donors (Lipinski definition) is 0. The van der Waals surface area contributed by atoms with E-state index < -0.39 is 0 Å². The number of rotatable bonds is 5. The summed E-state index contributed by atoms with van der Waals surface area (Å²) in [5.74, 6) is 2.87. The van der Waals surface area contributed by atoms with Crippen LogP contribution < -0.4 is 0 Å². The minimum atomic E-state index is 0.389. The maximum Gasteiger partial charge on any atom is 0.138 e. The Bertz CT molecular complexity index is 546. The average molecular weight is 278 g/mol. The number of hydrogen-bond acceptors (Lipinski definition) is 2. The molecule has 0 aliphatic carbocycles. The van der Waals surface area contributed by atoms with E-state index in [1.807, 2.05) is 18.5 Å². The molecule has 0 N–H and O–H groups in total. The second-order valence-electron chi connectivity index (χ2n) is 5.01. The first-order chi connectivity index (χ1) is 9.15. The van der Waals surface area contributed by atoms with E-state index in [1.165, 1.54) is 0 Å². The van der Waals surface area contributed by atoms with Crippen molar-refractivity contribution < 1.29 is 0 Å². The van der Waals surface area contributed by atoms with E-state index in [0.717, 1.165) is 35.7 Å². The molecule has 2 aromatic heterocycles. The molecular weight excluding hydrogens is 258 g/mol. The van der Waals surface area contributed by atoms with E-state index in [4.69, 9.17) is 16.6 Å². The van der Waals surface area contributed by atoms with Gasteiger partial charge in [0.2, 0.25) is 0 Å². The van der Waals surface area contributed by atoms with Gasteiger partial charge in [-0.1, -0.05) is 20.8 Å². The molecule has 0 saturated carbocycles. The van der Waals surface area contributed by atoms with Crippen molar-refractivity contribution in [3.8, 4) is 5.82 Å². The zero-order valence-corrected chi connectivity index (χ0v) is 12.5. The molecule has 2 heterocycles. The van der Waals surface area contributed by atoms with E-state index in [9.17, 15) is 0 Å². The highest BCUT2D eigenvalue weighted by atomic mass is 35.5. The topological polar surface area (TPSA) is 30.7 Å².